The average Bonchev–Trinajstić information content (AvgIpc) is 2.96. The summed E-state index contributed by atoms with van der Waals surface area (Å²) < 4.78 is 1.98. The summed E-state index contributed by atoms with van der Waals surface area (Å²) in [6, 6.07) is 13.4. The lowest BCUT2D eigenvalue weighted by Crippen LogP contribution is -2.26. The van der Waals surface area contributed by atoms with E-state index >= 15 is 0 Å². The van der Waals surface area contributed by atoms with Gasteiger partial charge in [-0.25, -0.2) is 9.48 Å². The first-order valence-corrected chi connectivity index (χ1v) is 8.21. The van der Waals surface area contributed by atoms with Crippen LogP contribution >= 0.6 is 0 Å². The third kappa shape index (κ3) is 2.48. The molecule has 0 saturated carbocycles. The number of carbonyl (C=O) groups is 1. The van der Waals surface area contributed by atoms with E-state index < -0.39 is 5.97 Å². The van der Waals surface area contributed by atoms with E-state index in [-0.39, 0.29) is 11.7 Å². The molecule has 0 spiro atoms. The number of hydrogen-bond donors (Lipinski definition) is 2. The monoisotopic (exact) mass is 333 g/mol. The Labute approximate surface area is 145 Å². The van der Waals surface area contributed by atoms with Crippen molar-refractivity contribution in [3.8, 4) is 11.3 Å². The zero-order valence-electron chi connectivity index (χ0n) is 14.4. The predicted octanol–water partition coefficient (Wildman–Crippen LogP) is 4.15. The maximum absolute atomic E-state index is 11.1. The first-order valence-electron chi connectivity index (χ1n) is 8.21. The molecule has 25 heavy (non-hydrogen) atoms. The van der Waals surface area contributed by atoms with E-state index in [4.69, 9.17) is 5.11 Å². The van der Waals surface area contributed by atoms with Crippen LogP contribution in [-0.2, 0) is 0 Å². The van der Waals surface area contributed by atoms with Crippen molar-refractivity contribution in [3.63, 3.8) is 0 Å². The van der Waals surface area contributed by atoms with Crippen LogP contribution in [0.4, 0.5) is 5.69 Å². The first kappa shape index (κ1) is 15.4. The highest BCUT2D eigenvalue weighted by atomic mass is 16.4. The molecule has 126 valence electrons. The summed E-state index contributed by atoms with van der Waals surface area (Å²) >= 11 is 0. The molecule has 1 aromatic heterocycles. The number of carboxylic acids is 1. The van der Waals surface area contributed by atoms with Crippen molar-refractivity contribution >= 4 is 11.7 Å². The molecule has 2 N–H and O–H groups in total. The van der Waals surface area contributed by atoms with E-state index in [0.717, 1.165) is 28.2 Å². The van der Waals surface area contributed by atoms with Gasteiger partial charge in [-0.2, -0.15) is 5.10 Å². The van der Waals surface area contributed by atoms with Gasteiger partial charge in [0.1, 0.15) is 6.17 Å². The standard InChI is InChI=1S/C20H19N3O2/c1-11-8-12(2)18-16(9-11)17-10-13(3)22-23(17)19(21-18)14-4-6-15(7-5-14)20(24)25/h4-10,19,21H,1-3H3,(H,24,25)/t19-/m0/s1. The SMILES string of the molecule is Cc1cc(C)c2c(c1)-c1cc(C)nn1[C@@H](c1ccc(C(=O)O)cc1)N2. The van der Waals surface area contributed by atoms with Gasteiger partial charge in [-0.15, -0.1) is 0 Å². The van der Waals surface area contributed by atoms with Gasteiger partial charge >= 0.3 is 5.97 Å². The summed E-state index contributed by atoms with van der Waals surface area (Å²) in [5, 5.41) is 17.3. The zero-order chi connectivity index (χ0) is 17.7. The number of hydrogen-bond acceptors (Lipinski definition) is 3. The second-order valence-corrected chi connectivity index (χ2v) is 6.59. The van der Waals surface area contributed by atoms with Crippen molar-refractivity contribution in [2.45, 2.75) is 26.9 Å². The molecular weight excluding hydrogens is 314 g/mol. The highest BCUT2D eigenvalue weighted by molar-refractivity contribution is 5.87. The fourth-order valence-corrected chi connectivity index (χ4v) is 3.51. The summed E-state index contributed by atoms with van der Waals surface area (Å²) in [7, 11) is 0. The lowest BCUT2D eigenvalue weighted by atomic mass is 9.98. The summed E-state index contributed by atoms with van der Waals surface area (Å²) in [6.07, 6.45) is -0.166. The van der Waals surface area contributed by atoms with Crippen LogP contribution in [0.3, 0.4) is 0 Å². The minimum atomic E-state index is -0.921. The smallest absolute Gasteiger partial charge is 0.335 e. The molecule has 0 saturated heterocycles. The molecule has 1 atom stereocenters. The van der Waals surface area contributed by atoms with Gasteiger partial charge in [0.2, 0.25) is 0 Å². The lowest BCUT2D eigenvalue weighted by molar-refractivity contribution is 0.0697. The fourth-order valence-electron chi connectivity index (χ4n) is 3.51. The third-order valence-corrected chi connectivity index (χ3v) is 4.61. The van der Waals surface area contributed by atoms with Crippen LogP contribution in [0, 0.1) is 20.8 Å². The summed E-state index contributed by atoms with van der Waals surface area (Å²) in [6.45, 7) is 6.18. The quantitative estimate of drug-likeness (QED) is 0.739. The molecular formula is C20H19N3O2. The van der Waals surface area contributed by atoms with Crippen LogP contribution in [-0.4, -0.2) is 20.9 Å². The Bertz CT molecular complexity index is 987. The molecule has 5 nitrogen and oxygen atoms in total. The number of anilines is 1. The van der Waals surface area contributed by atoms with E-state index in [9.17, 15) is 4.79 Å². The Kier molecular flexibility index (Phi) is 3.39. The van der Waals surface area contributed by atoms with Crippen molar-refractivity contribution in [2.75, 3.05) is 5.32 Å². The van der Waals surface area contributed by atoms with Gasteiger partial charge in [0.05, 0.1) is 17.0 Å². The van der Waals surface area contributed by atoms with Crippen LogP contribution in [0.25, 0.3) is 11.3 Å². The molecule has 3 aromatic rings. The number of benzene rings is 2. The van der Waals surface area contributed by atoms with E-state index in [1.54, 1.807) is 12.1 Å². The van der Waals surface area contributed by atoms with E-state index in [1.165, 1.54) is 11.1 Å². The van der Waals surface area contributed by atoms with E-state index in [0.29, 0.717) is 0 Å². The summed E-state index contributed by atoms with van der Waals surface area (Å²) in [5.41, 5.74) is 7.94. The van der Waals surface area contributed by atoms with Crippen LogP contribution in [0.5, 0.6) is 0 Å². The van der Waals surface area contributed by atoms with Gasteiger partial charge in [0.25, 0.3) is 0 Å². The molecule has 0 fully saturated rings. The zero-order valence-corrected chi connectivity index (χ0v) is 14.4. The predicted molar refractivity (Wildman–Crippen MR) is 97.0 cm³/mol. The molecule has 1 aliphatic rings. The van der Waals surface area contributed by atoms with Crippen molar-refractivity contribution in [3.05, 3.63) is 70.4 Å². The molecule has 0 amide bonds. The van der Waals surface area contributed by atoms with Gasteiger partial charge < -0.3 is 10.4 Å². The first-order chi connectivity index (χ1) is 11.9. The summed E-state index contributed by atoms with van der Waals surface area (Å²) in [4.78, 5) is 11.1. The number of aromatic nitrogens is 2. The van der Waals surface area contributed by atoms with Gasteiger partial charge in [-0.1, -0.05) is 23.8 Å². The molecule has 0 aliphatic carbocycles. The normalized spacial score (nSPS) is 15.2. The van der Waals surface area contributed by atoms with Crippen molar-refractivity contribution in [1.82, 2.24) is 9.78 Å². The molecule has 2 heterocycles. The molecule has 2 aromatic carbocycles. The van der Waals surface area contributed by atoms with Crippen LogP contribution in [0.1, 0.15) is 38.9 Å². The largest absolute Gasteiger partial charge is 0.478 e. The van der Waals surface area contributed by atoms with Crippen LogP contribution in [0.2, 0.25) is 0 Å². The van der Waals surface area contributed by atoms with Crippen molar-refractivity contribution < 1.29 is 9.90 Å². The van der Waals surface area contributed by atoms with Gasteiger partial charge in [0.15, 0.2) is 0 Å². The number of nitrogens with one attached hydrogen (secondary N) is 1. The molecule has 0 bridgehead atoms. The minimum Gasteiger partial charge on any atom is -0.478 e. The number of carboxylic acid groups (broad SMARTS) is 1. The van der Waals surface area contributed by atoms with Gasteiger partial charge in [0, 0.05) is 11.3 Å². The van der Waals surface area contributed by atoms with Gasteiger partial charge in [-0.05, 0) is 56.2 Å². The second-order valence-electron chi connectivity index (χ2n) is 6.59. The Morgan fingerprint density at radius 2 is 1.84 bits per heavy atom. The molecule has 5 heteroatoms. The van der Waals surface area contributed by atoms with Crippen LogP contribution < -0.4 is 5.32 Å². The Morgan fingerprint density at radius 3 is 2.52 bits per heavy atom. The number of aryl methyl sites for hydroxylation is 3. The Balaban J connectivity index is 1.87. The highest BCUT2D eigenvalue weighted by Gasteiger charge is 2.27. The van der Waals surface area contributed by atoms with Crippen molar-refractivity contribution in [1.29, 1.82) is 0 Å². The Hall–Kier alpha value is -3.08. The van der Waals surface area contributed by atoms with Crippen LogP contribution in [0.15, 0.2) is 42.5 Å². The highest BCUT2D eigenvalue weighted by Crippen LogP contribution is 2.40. The number of nitrogens with zero attached hydrogens (tertiary/aromatic N) is 2. The number of fused-ring (bicyclic) bond motifs is 3. The summed E-state index contributed by atoms with van der Waals surface area (Å²) in [5.74, 6) is -0.921. The molecule has 0 radical (unpaired) electrons. The van der Waals surface area contributed by atoms with E-state index in [2.05, 4.69) is 42.5 Å². The third-order valence-electron chi connectivity index (χ3n) is 4.61. The minimum absolute atomic E-state index is 0.166. The molecule has 4 rings (SSSR count). The fraction of sp³-hybridized carbons (Fsp3) is 0.200. The van der Waals surface area contributed by atoms with Gasteiger partial charge in [-0.3, -0.25) is 0 Å². The molecule has 0 unspecified atom stereocenters. The Morgan fingerprint density at radius 1 is 1.12 bits per heavy atom. The maximum atomic E-state index is 11.1. The number of aromatic carboxylic acids is 1. The van der Waals surface area contributed by atoms with E-state index in [1.807, 2.05) is 23.7 Å². The van der Waals surface area contributed by atoms with Crippen molar-refractivity contribution in [2.24, 2.45) is 0 Å². The topological polar surface area (TPSA) is 67.2 Å². The second kappa shape index (κ2) is 5.48. The number of rotatable bonds is 2. The molecule has 1 aliphatic heterocycles. The average molecular weight is 333 g/mol. The lowest BCUT2D eigenvalue weighted by Gasteiger charge is -2.30. The maximum Gasteiger partial charge on any atom is 0.335 e.